The second kappa shape index (κ2) is 8.76. The molecule has 0 unspecified atom stereocenters. The minimum absolute atomic E-state index is 0.249. The molecule has 7 nitrogen and oxygen atoms in total. The van der Waals surface area contributed by atoms with Gasteiger partial charge in [-0.3, -0.25) is 14.7 Å². The van der Waals surface area contributed by atoms with Crippen LogP contribution in [0.1, 0.15) is 18.5 Å². The van der Waals surface area contributed by atoms with Crippen molar-refractivity contribution in [1.82, 2.24) is 14.9 Å². The van der Waals surface area contributed by atoms with Gasteiger partial charge in [0, 0.05) is 31.4 Å². The number of aromatic nitrogens is 2. The van der Waals surface area contributed by atoms with Crippen molar-refractivity contribution in [1.29, 1.82) is 0 Å². The highest BCUT2D eigenvalue weighted by atomic mass is 16.5. The highest BCUT2D eigenvalue weighted by molar-refractivity contribution is 5.64. The molecule has 1 aliphatic carbocycles. The van der Waals surface area contributed by atoms with Gasteiger partial charge in [0.15, 0.2) is 0 Å². The molecule has 0 radical (unpaired) electrons. The van der Waals surface area contributed by atoms with Gasteiger partial charge in [0.1, 0.15) is 11.9 Å². The Morgan fingerprint density at radius 3 is 2.44 bits per heavy atom. The molecule has 32 heavy (non-hydrogen) atoms. The SMILES string of the molecule is O=c1cc(CN2C[C@H]3C[C@@H](Oc4cccc(-c5ccccc5)c4)[C@H](O)C[C@H]3C2)[nH]c(=O)[nH]1. The van der Waals surface area contributed by atoms with Gasteiger partial charge < -0.3 is 14.8 Å². The summed E-state index contributed by atoms with van der Waals surface area (Å²) < 4.78 is 6.26. The number of hydrogen-bond acceptors (Lipinski definition) is 5. The molecule has 2 fully saturated rings. The van der Waals surface area contributed by atoms with Crippen molar-refractivity contribution >= 4 is 0 Å². The van der Waals surface area contributed by atoms with Gasteiger partial charge in [-0.1, -0.05) is 42.5 Å². The smallest absolute Gasteiger partial charge is 0.325 e. The maximum absolute atomic E-state index is 11.6. The molecule has 2 aliphatic rings. The number of nitrogens with zero attached hydrogens (tertiary/aromatic N) is 1. The summed E-state index contributed by atoms with van der Waals surface area (Å²) in [5, 5.41) is 10.8. The topological polar surface area (TPSA) is 98.4 Å². The van der Waals surface area contributed by atoms with Crippen LogP contribution in [-0.4, -0.2) is 45.3 Å². The van der Waals surface area contributed by atoms with Gasteiger partial charge in [-0.05, 0) is 47.9 Å². The molecule has 1 aromatic heterocycles. The van der Waals surface area contributed by atoms with E-state index < -0.39 is 11.8 Å². The van der Waals surface area contributed by atoms with Crippen molar-refractivity contribution in [2.75, 3.05) is 13.1 Å². The first kappa shape index (κ1) is 20.7. The molecule has 0 bridgehead atoms. The number of fused-ring (bicyclic) bond motifs is 1. The molecule has 3 N–H and O–H groups in total. The zero-order valence-corrected chi connectivity index (χ0v) is 17.7. The number of rotatable bonds is 5. The van der Waals surface area contributed by atoms with Crippen molar-refractivity contribution < 1.29 is 9.84 Å². The number of likely N-dealkylation sites (tertiary alicyclic amines) is 1. The van der Waals surface area contributed by atoms with Crippen LogP contribution in [-0.2, 0) is 6.54 Å². The van der Waals surface area contributed by atoms with Gasteiger partial charge in [-0.15, -0.1) is 0 Å². The molecule has 4 atom stereocenters. The van der Waals surface area contributed by atoms with E-state index in [1.807, 2.05) is 36.4 Å². The zero-order chi connectivity index (χ0) is 22.1. The Hall–Kier alpha value is -3.16. The highest BCUT2D eigenvalue weighted by Gasteiger charge is 2.42. The first-order chi connectivity index (χ1) is 15.5. The largest absolute Gasteiger partial charge is 0.488 e. The molecule has 1 aliphatic heterocycles. The van der Waals surface area contributed by atoms with Gasteiger partial charge in [0.05, 0.1) is 6.10 Å². The van der Waals surface area contributed by atoms with Gasteiger partial charge in [0.25, 0.3) is 5.56 Å². The van der Waals surface area contributed by atoms with E-state index in [0.29, 0.717) is 30.5 Å². The standard InChI is InChI=1S/C25H27N3O4/c29-22-10-18-13-28(15-20-12-24(30)27-25(31)26-20)14-19(18)11-23(22)32-21-8-4-7-17(9-21)16-5-2-1-3-6-16/h1-9,12,18-19,22-23,29H,10-11,13-15H2,(H2,26,27,30,31)/t18-,19+,22+,23+/m0/s1. The van der Waals surface area contributed by atoms with Crippen molar-refractivity contribution in [2.24, 2.45) is 11.8 Å². The predicted molar refractivity (Wildman–Crippen MR) is 121 cm³/mol. The van der Waals surface area contributed by atoms with E-state index in [1.165, 1.54) is 6.07 Å². The summed E-state index contributed by atoms with van der Waals surface area (Å²) in [4.78, 5) is 30.2. The summed E-state index contributed by atoms with van der Waals surface area (Å²) in [6.45, 7) is 2.22. The lowest BCUT2D eigenvalue weighted by atomic mass is 9.78. The van der Waals surface area contributed by atoms with Crippen LogP contribution in [0.4, 0.5) is 0 Å². The molecular weight excluding hydrogens is 406 g/mol. The molecule has 5 rings (SSSR count). The Morgan fingerprint density at radius 2 is 1.66 bits per heavy atom. The quantitative estimate of drug-likeness (QED) is 0.574. The second-order valence-electron chi connectivity index (χ2n) is 8.92. The third kappa shape index (κ3) is 4.54. The molecule has 2 heterocycles. The maximum Gasteiger partial charge on any atom is 0.325 e. The van der Waals surface area contributed by atoms with Crippen LogP contribution >= 0.6 is 0 Å². The first-order valence-electron chi connectivity index (χ1n) is 11.1. The van der Waals surface area contributed by atoms with Crippen molar-refractivity contribution in [2.45, 2.75) is 31.6 Å². The zero-order valence-electron chi connectivity index (χ0n) is 17.7. The lowest BCUT2D eigenvalue weighted by Crippen LogP contribution is -2.42. The Morgan fingerprint density at radius 1 is 0.906 bits per heavy atom. The molecule has 166 valence electrons. The summed E-state index contributed by atoms with van der Waals surface area (Å²) in [6, 6.07) is 19.6. The fourth-order valence-corrected chi connectivity index (χ4v) is 5.14. The Kier molecular flexibility index (Phi) is 5.68. The predicted octanol–water partition coefficient (Wildman–Crippen LogP) is 2.38. The van der Waals surface area contributed by atoms with Gasteiger partial charge in [0.2, 0.25) is 0 Å². The summed E-state index contributed by atoms with van der Waals surface area (Å²) in [5.41, 5.74) is 1.97. The Balaban J connectivity index is 1.25. The second-order valence-corrected chi connectivity index (χ2v) is 8.92. The van der Waals surface area contributed by atoms with E-state index in [2.05, 4.69) is 33.1 Å². The molecule has 7 heteroatoms. The lowest BCUT2D eigenvalue weighted by Gasteiger charge is -2.35. The molecular formula is C25H27N3O4. The molecule has 0 amide bonds. The van der Waals surface area contributed by atoms with E-state index in [4.69, 9.17) is 4.74 Å². The van der Waals surface area contributed by atoms with Crippen molar-refractivity contribution in [3.8, 4) is 16.9 Å². The van der Waals surface area contributed by atoms with Crippen molar-refractivity contribution in [3.63, 3.8) is 0 Å². The summed E-state index contributed by atoms with van der Waals surface area (Å²) in [6.07, 6.45) is 0.706. The van der Waals surface area contributed by atoms with E-state index >= 15 is 0 Å². The van der Waals surface area contributed by atoms with E-state index in [9.17, 15) is 14.7 Å². The average Bonchev–Trinajstić information content (AvgIpc) is 3.15. The van der Waals surface area contributed by atoms with Gasteiger partial charge in [-0.25, -0.2) is 4.79 Å². The minimum atomic E-state index is -0.518. The number of H-pyrrole nitrogens is 2. The normalized spacial score (nSPS) is 25.4. The maximum atomic E-state index is 11.6. The van der Waals surface area contributed by atoms with E-state index in [0.717, 1.165) is 36.4 Å². The fraction of sp³-hybridized carbons (Fsp3) is 0.360. The minimum Gasteiger partial charge on any atom is -0.488 e. The summed E-state index contributed by atoms with van der Waals surface area (Å²) in [7, 11) is 0. The van der Waals surface area contributed by atoms with Crippen LogP contribution in [0, 0.1) is 11.8 Å². The van der Waals surface area contributed by atoms with Crippen LogP contribution in [0.3, 0.4) is 0 Å². The fourth-order valence-electron chi connectivity index (χ4n) is 5.14. The number of aliphatic hydroxyl groups is 1. The molecule has 1 saturated heterocycles. The number of aliphatic hydroxyl groups excluding tert-OH is 1. The molecule has 3 aromatic rings. The lowest BCUT2D eigenvalue weighted by molar-refractivity contribution is -0.0231. The first-order valence-corrected chi connectivity index (χ1v) is 11.1. The average molecular weight is 434 g/mol. The monoisotopic (exact) mass is 433 g/mol. The van der Waals surface area contributed by atoms with Gasteiger partial charge in [-0.2, -0.15) is 0 Å². The third-order valence-corrected chi connectivity index (χ3v) is 6.60. The van der Waals surface area contributed by atoms with Crippen LogP contribution in [0.5, 0.6) is 5.75 Å². The third-order valence-electron chi connectivity index (χ3n) is 6.60. The van der Waals surface area contributed by atoms with Crippen LogP contribution in [0.25, 0.3) is 11.1 Å². The Bertz CT molecular complexity index is 1160. The number of hydrogen-bond donors (Lipinski definition) is 3. The number of aromatic amines is 2. The summed E-state index contributed by atoms with van der Waals surface area (Å²) >= 11 is 0. The van der Waals surface area contributed by atoms with E-state index in [-0.39, 0.29) is 11.7 Å². The van der Waals surface area contributed by atoms with Gasteiger partial charge >= 0.3 is 5.69 Å². The molecule has 2 aromatic carbocycles. The van der Waals surface area contributed by atoms with Crippen molar-refractivity contribution in [3.05, 3.63) is 87.2 Å². The Labute approximate surface area is 185 Å². The number of ether oxygens (including phenoxy) is 1. The van der Waals surface area contributed by atoms with Crippen LogP contribution in [0.2, 0.25) is 0 Å². The number of nitrogens with one attached hydrogen (secondary N) is 2. The number of benzene rings is 2. The van der Waals surface area contributed by atoms with Crippen LogP contribution < -0.4 is 16.0 Å². The molecule has 1 saturated carbocycles. The van der Waals surface area contributed by atoms with Crippen LogP contribution in [0.15, 0.2) is 70.3 Å². The van der Waals surface area contributed by atoms with E-state index in [1.54, 1.807) is 0 Å². The summed E-state index contributed by atoms with van der Waals surface area (Å²) in [5.74, 6) is 1.56. The molecule has 0 spiro atoms. The highest BCUT2D eigenvalue weighted by Crippen LogP contribution is 2.38.